The van der Waals surface area contributed by atoms with Crippen LogP contribution in [0.2, 0.25) is 0 Å². The Kier molecular flexibility index (Phi) is 8.34. The first kappa shape index (κ1) is 32.2. The average molecular weight is 679 g/mol. The van der Waals surface area contributed by atoms with Crippen molar-refractivity contribution in [2.24, 2.45) is 0 Å². The molecule has 2 nitrogen and oxygen atoms in total. The van der Waals surface area contributed by atoms with E-state index in [1.165, 1.54) is 50.1 Å². The summed E-state index contributed by atoms with van der Waals surface area (Å²) in [7, 11) is 0. The van der Waals surface area contributed by atoms with Gasteiger partial charge in [-0.05, 0) is 97.1 Å². The highest BCUT2D eigenvalue weighted by Crippen LogP contribution is 2.56. The smallest absolute Gasteiger partial charge is 0.0713 e. The molecule has 0 unspecified atom stereocenters. The molecule has 1 aromatic heterocycles. The van der Waals surface area contributed by atoms with Crippen LogP contribution >= 0.6 is 0 Å². The van der Waals surface area contributed by atoms with Gasteiger partial charge in [-0.3, -0.25) is 4.98 Å². The zero-order valence-corrected chi connectivity index (χ0v) is 29.4. The Bertz CT molecular complexity index is 2530. The van der Waals surface area contributed by atoms with E-state index < -0.39 is 5.41 Å². The lowest BCUT2D eigenvalue weighted by Gasteiger charge is -2.34. The van der Waals surface area contributed by atoms with E-state index in [2.05, 4.69) is 175 Å². The van der Waals surface area contributed by atoms with Gasteiger partial charge in [0.1, 0.15) is 0 Å². The number of hydrogen-bond donors (Lipinski definition) is 1. The number of hydrogen-bond acceptors (Lipinski definition) is 2. The molecular weight excluding hydrogens is 641 g/mol. The maximum absolute atomic E-state index is 6.51. The first-order valence-electron chi connectivity index (χ1n) is 18.2. The number of nitrogens with two attached hydrogens (primary N) is 1. The van der Waals surface area contributed by atoms with Crippen LogP contribution < -0.4 is 5.73 Å². The Labute approximate surface area is 311 Å². The molecule has 53 heavy (non-hydrogen) atoms. The lowest BCUT2D eigenvalue weighted by molar-refractivity contribution is 0.769. The average Bonchev–Trinajstić information content (AvgIpc) is 3.53. The molecule has 0 radical (unpaired) electrons. The van der Waals surface area contributed by atoms with Crippen LogP contribution in [0, 0.1) is 0 Å². The molecule has 0 fully saturated rings. The molecular formula is C51H38N2. The molecule has 8 aromatic rings. The minimum absolute atomic E-state index is 0.429. The van der Waals surface area contributed by atoms with Crippen molar-refractivity contribution >= 4 is 11.3 Å². The Hall–Kier alpha value is -6.77. The summed E-state index contributed by atoms with van der Waals surface area (Å²) in [5.41, 5.74) is 23.6. The number of anilines is 1. The lowest BCUT2D eigenvalue weighted by atomic mass is 9.67. The summed E-state index contributed by atoms with van der Waals surface area (Å²) < 4.78 is 0. The Morgan fingerprint density at radius 3 is 1.81 bits per heavy atom. The predicted molar refractivity (Wildman–Crippen MR) is 220 cm³/mol. The molecule has 2 N–H and O–H groups in total. The van der Waals surface area contributed by atoms with Crippen LogP contribution in [-0.4, -0.2) is 4.98 Å². The first-order chi connectivity index (χ1) is 26.2. The molecule has 0 spiro atoms. The summed E-state index contributed by atoms with van der Waals surface area (Å²) in [5.74, 6) is 0. The number of aromatic nitrogens is 1. The van der Waals surface area contributed by atoms with Crippen molar-refractivity contribution in [1.29, 1.82) is 0 Å². The van der Waals surface area contributed by atoms with Crippen molar-refractivity contribution in [2.45, 2.75) is 11.8 Å². The van der Waals surface area contributed by atoms with E-state index >= 15 is 0 Å². The van der Waals surface area contributed by atoms with Crippen LogP contribution in [0.5, 0.6) is 0 Å². The second kappa shape index (κ2) is 13.7. The molecule has 0 atom stereocenters. The van der Waals surface area contributed by atoms with Crippen LogP contribution in [0.1, 0.15) is 39.1 Å². The molecule has 1 heterocycles. The Morgan fingerprint density at radius 1 is 0.491 bits per heavy atom. The van der Waals surface area contributed by atoms with Crippen LogP contribution in [-0.2, 0) is 11.8 Å². The Balaban J connectivity index is 1.11. The third-order valence-corrected chi connectivity index (χ3v) is 10.7. The second-order valence-corrected chi connectivity index (χ2v) is 13.7. The summed E-state index contributed by atoms with van der Waals surface area (Å²) in [6, 6.07) is 69.8. The second-order valence-electron chi connectivity index (χ2n) is 13.7. The summed E-state index contributed by atoms with van der Waals surface area (Å²) in [5, 5.41) is 0. The molecule has 9 rings (SSSR count). The molecule has 2 heteroatoms. The van der Waals surface area contributed by atoms with E-state index in [0.717, 1.165) is 40.1 Å². The number of benzene rings is 7. The third kappa shape index (κ3) is 5.75. The minimum atomic E-state index is -0.429. The quantitative estimate of drug-likeness (QED) is 0.162. The fourth-order valence-electron chi connectivity index (χ4n) is 8.20. The van der Waals surface area contributed by atoms with Crippen molar-refractivity contribution in [3.05, 3.63) is 245 Å². The van der Waals surface area contributed by atoms with E-state index in [1.807, 2.05) is 36.5 Å². The number of fused-ring (bicyclic) bond motifs is 3. The molecule has 252 valence electrons. The number of nitrogen functional groups attached to an aromatic ring is 1. The van der Waals surface area contributed by atoms with Crippen molar-refractivity contribution in [1.82, 2.24) is 4.98 Å². The van der Waals surface area contributed by atoms with E-state index in [1.54, 1.807) is 0 Å². The molecule has 0 amide bonds. The van der Waals surface area contributed by atoms with Crippen molar-refractivity contribution in [3.63, 3.8) is 0 Å². The topological polar surface area (TPSA) is 38.9 Å². The van der Waals surface area contributed by atoms with E-state index in [9.17, 15) is 0 Å². The van der Waals surface area contributed by atoms with E-state index in [4.69, 9.17) is 5.73 Å². The summed E-state index contributed by atoms with van der Waals surface area (Å²) in [6.45, 7) is 0. The van der Waals surface area contributed by atoms with Crippen LogP contribution in [0.4, 0.5) is 5.69 Å². The van der Waals surface area contributed by atoms with Gasteiger partial charge >= 0.3 is 0 Å². The van der Waals surface area contributed by atoms with Gasteiger partial charge < -0.3 is 5.73 Å². The molecule has 0 aliphatic heterocycles. The van der Waals surface area contributed by atoms with Gasteiger partial charge in [-0.15, -0.1) is 0 Å². The molecule has 0 bridgehead atoms. The summed E-state index contributed by atoms with van der Waals surface area (Å²) in [6.07, 6.45) is 4.80. The zero-order chi connectivity index (χ0) is 35.6. The number of para-hydroxylation sites is 1. The van der Waals surface area contributed by atoms with Gasteiger partial charge in [-0.25, -0.2) is 0 Å². The van der Waals surface area contributed by atoms with Crippen LogP contribution in [0.3, 0.4) is 0 Å². The van der Waals surface area contributed by atoms with Gasteiger partial charge in [0.25, 0.3) is 0 Å². The summed E-state index contributed by atoms with van der Waals surface area (Å²) in [4.78, 5) is 4.54. The number of nitrogens with zero attached hydrogens (tertiary/aromatic N) is 1. The molecule has 1 aliphatic carbocycles. The van der Waals surface area contributed by atoms with Gasteiger partial charge in [-0.1, -0.05) is 170 Å². The van der Waals surface area contributed by atoms with Gasteiger partial charge in [0.2, 0.25) is 0 Å². The molecule has 1 aliphatic rings. The predicted octanol–water partition coefficient (Wildman–Crippen LogP) is 12.0. The fraction of sp³-hybridized carbons (Fsp3) is 0.0392. The third-order valence-electron chi connectivity index (χ3n) is 10.7. The fourth-order valence-corrected chi connectivity index (χ4v) is 8.20. The number of rotatable bonds is 8. The van der Waals surface area contributed by atoms with Crippen molar-refractivity contribution < 1.29 is 0 Å². The van der Waals surface area contributed by atoms with E-state index in [0.29, 0.717) is 0 Å². The van der Waals surface area contributed by atoms with Crippen molar-refractivity contribution in [3.8, 4) is 33.4 Å². The first-order valence-corrected chi connectivity index (χ1v) is 18.2. The zero-order valence-electron chi connectivity index (χ0n) is 29.4. The van der Waals surface area contributed by atoms with Crippen LogP contribution in [0.15, 0.2) is 206 Å². The lowest BCUT2D eigenvalue weighted by Crippen LogP contribution is -2.28. The SMILES string of the molecule is Nc1ccccc1/C(=C\Cc1ccccn1)c1ccc(-c2cccc(-c3ccc4c(c3)C(c3ccccc3)(c3ccccc3)c3ccccc3-4)c2)cc1. The van der Waals surface area contributed by atoms with E-state index in [-0.39, 0.29) is 0 Å². The maximum Gasteiger partial charge on any atom is 0.0713 e. The molecule has 7 aromatic carbocycles. The van der Waals surface area contributed by atoms with Gasteiger partial charge in [0.05, 0.1) is 5.41 Å². The van der Waals surface area contributed by atoms with Gasteiger partial charge in [0.15, 0.2) is 0 Å². The van der Waals surface area contributed by atoms with Gasteiger partial charge in [-0.2, -0.15) is 0 Å². The number of pyridine rings is 1. The summed E-state index contributed by atoms with van der Waals surface area (Å²) >= 11 is 0. The Morgan fingerprint density at radius 2 is 1.09 bits per heavy atom. The van der Waals surface area contributed by atoms with Gasteiger partial charge in [0, 0.05) is 29.6 Å². The number of allylic oxidation sites excluding steroid dienone is 1. The highest BCUT2D eigenvalue weighted by atomic mass is 14.7. The highest BCUT2D eigenvalue weighted by molar-refractivity contribution is 5.89. The normalized spacial score (nSPS) is 12.9. The monoisotopic (exact) mass is 678 g/mol. The maximum atomic E-state index is 6.51. The van der Waals surface area contributed by atoms with Crippen molar-refractivity contribution in [2.75, 3.05) is 5.73 Å². The van der Waals surface area contributed by atoms with Crippen LogP contribution in [0.25, 0.3) is 39.0 Å². The standard InChI is InChI=1S/C51H38N2/c52-50-24-10-8-22-47(50)44(32-30-43-20-11-12-33-53-43)37-27-25-36(26-28-37)38-14-13-15-39(34-38)40-29-31-46-45-21-7-9-23-48(45)51(49(46)35-40,41-16-3-1-4-17-41)42-18-5-2-6-19-42/h1-29,31-35H,30,52H2/b44-32-. The largest absolute Gasteiger partial charge is 0.398 e. The highest BCUT2D eigenvalue weighted by Gasteiger charge is 2.46. The molecule has 0 saturated heterocycles. The minimum Gasteiger partial charge on any atom is -0.398 e. The molecule has 0 saturated carbocycles.